The Morgan fingerprint density at radius 2 is 1.78 bits per heavy atom. The highest BCUT2D eigenvalue weighted by atomic mass is 35.5. The Kier molecular flexibility index (Phi) is 6.40. The number of rotatable bonds is 6. The lowest BCUT2D eigenvalue weighted by Gasteiger charge is -2.07. The molecule has 0 saturated carbocycles. The number of carbonyl (C=O) groups is 1. The zero-order valence-electron chi connectivity index (χ0n) is 13.8. The fourth-order valence-electron chi connectivity index (χ4n) is 2.12. The Labute approximate surface area is 170 Å². The number of nitrogens with zero attached hydrogens (tertiary/aromatic N) is 1. The maximum absolute atomic E-state index is 11.8. The summed E-state index contributed by atoms with van der Waals surface area (Å²) in [5, 5.41) is 5.31. The number of nitrogens with one attached hydrogen (secondary N) is 1. The van der Waals surface area contributed by atoms with Gasteiger partial charge in [-0.2, -0.15) is 5.10 Å². The molecule has 0 aliphatic rings. The molecule has 0 unspecified atom stereocenters. The van der Waals surface area contributed by atoms with E-state index in [1.165, 1.54) is 12.3 Å². The zero-order valence-corrected chi connectivity index (χ0v) is 16.1. The molecular weight excluding hydrogens is 411 g/mol. The maximum atomic E-state index is 11.8. The number of benzene rings is 2. The molecule has 0 atom stereocenters. The van der Waals surface area contributed by atoms with E-state index in [4.69, 9.17) is 44.0 Å². The van der Waals surface area contributed by atoms with Crippen molar-refractivity contribution in [2.75, 3.05) is 6.61 Å². The van der Waals surface area contributed by atoms with Crippen LogP contribution in [0.4, 0.5) is 0 Å². The molecule has 2 aromatic carbocycles. The van der Waals surface area contributed by atoms with Crippen molar-refractivity contribution in [2.45, 2.75) is 0 Å². The predicted molar refractivity (Wildman–Crippen MR) is 107 cm³/mol. The maximum Gasteiger partial charge on any atom is 0.277 e. The highest BCUT2D eigenvalue weighted by molar-refractivity contribution is 6.34. The van der Waals surface area contributed by atoms with Gasteiger partial charge in [0.15, 0.2) is 6.61 Å². The molecule has 1 heterocycles. The molecule has 27 heavy (non-hydrogen) atoms. The van der Waals surface area contributed by atoms with Gasteiger partial charge in [-0.15, -0.1) is 0 Å². The third kappa shape index (κ3) is 5.50. The summed E-state index contributed by atoms with van der Waals surface area (Å²) in [6.45, 7) is -0.258. The Morgan fingerprint density at radius 1 is 1.04 bits per heavy atom. The first-order valence-electron chi connectivity index (χ1n) is 7.77. The molecule has 0 bridgehead atoms. The third-order valence-electron chi connectivity index (χ3n) is 3.39. The molecule has 0 aliphatic carbocycles. The standard InChI is InChI=1S/C19H13Cl3N2O3/c20-13-3-1-12(2-4-13)17-8-6-15(27-17)10-23-24-19(25)11-26-18-9-14(21)5-7-16(18)22/h1-10H,11H2,(H,24,25). The zero-order chi connectivity index (χ0) is 19.2. The quantitative estimate of drug-likeness (QED) is 0.424. The Morgan fingerprint density at radius 3 is 2.56 bits per heavy atom. The molecule has 3 aromatic rings. The molecule has 8 heteroatoms. The molecule has 5 nitrogen and oxygen atoms in total. The van der Waals surface area contributed by atoms with Crippen LogP contribution in [0.2, 0.25) is 15.1 Å². The molecule has 0 radical (unpaired) electrons. The SMILES string of the molecule is O=C(COc1cc(Cl)ccc1Cl)NN=Cc1ccc(-c2ccc(Cl)cc2)o1. The minimum atomic E-state index is -0.452. The van der Waals surface area contributed by atoms with Crippen molar-refractivity contribution >= 4 is 46.9 Å². The second-order valence-electron chi connectivity index (χ2n) is 5.37. The van der Waals surface area contributed by atoms with Crippen LogP contribution in [0.25, 0.3) is 11.3 Å². The van der Waals surface area contributed by atoms with E-state index in [1.54, 1.807) is 36.4 Å². The first-order chi connectivity index (χ1) is 13.0. The number of hydrogen-bond acceptors (Lipinski definition) is 4. The van der Waals surface area contributed by atoms with Gasteiger partial charge in [0, 0.05) is 21.7 Å². The number of hydrogen-bond donors (Lipinski definition) is 1. The summed E-state index contributed by atoms with van der Waals surface area (Å²) in [7, 11) is 0. The van der Waals surface area contributed by atoms with Gasteiger partial charge in [-0.05, 0) is 48.5 Å². The van der Waals surface area contributed by atoms with Crippen LogP contribution in [-0.4, -0.2) is 18.7 Å². The van der Waals surface area contributed by atoms with Gasteiger partial charge >= 0.3 is 0 Å². The first-order valence-corrected chi connectivity index (χ1v) is 8.90. The van der Waals surface area contributed by atoms with Gasteiger partial charge in [0.05, 0.1) is 11.2 Å². The number of ether oxygens (including phenoxy) is 1. The van der Waals surface area contributed by atoms with Gasteiger partial charge in [0.25, 0.3) is 5.91 Å². The number of halogens is 3. The summed E-state index contributed by atoms with van der Waals surface area (Å²) in [5.74, 6) is 1.02. The first kappa shape index (κ1) is 19.3. The Bertz CT molecular complexity index is 969. The average Bonchev–Trinajstić information content (AvgIpc) is 3.12. The van der Waals surface area contributed by atoms with Crippen molar-refractivity contribution in [3.05, 3.63) is 75.4 Å². The monoisotopic (exact) mass is 422 g/mol. The summed E-state index contributed by atoms with van der Waals surface area (Å²) in [6.07, 6.45) is 1.39. The van der Waals surface area contributed by atoms with Crippen LogP contribution in [0.1, 0.15) is 5.76 Å². The number of amides is 1. The van der Waals surface area contributed by atoms with Crippen LogP contribution in [0.15, 0.2) is 64.1 Å². The van der Waals surface area contributed by atoms with Crippen LogP contribution in [0.3, 0.4) is 0 Å². The Hall–Kier alpha value is -2.47. The summed E-state index contributed by atoms with van der Waals surface area (Å²) >= 11 is 17.7. The van der Waals surface area contributed by atoms with E-state index >= 15 is 0 Å². The fourth-order valence-corrected chi connectivity index (χ4v) is 2.58. The molecule has 0 aliphatic heterocycles. The van der Waals surface area contributed by atoms with Crippen LogP contribution in [0, 0.1) is 0 Å². The second-order valence-corrected chi connectivity index (χ2v) is 6.65. The van der Waals surface area contributed by atoms with Crippen LogP contribution < -0.4 is 10.2 Å². The fraction of sp³-hybridized carbons (Fsp3) is 0.0526. The lowest BCUT2D eigenvalue weighted by atomic mass is 10.2. The van der Waals surface area contributed by atoms with Crippen molar-refractivity contribution in [3.63, 3.8) is 0 Å². The van der Waals surface area contributed by atoms with E-state index in [1.807, 2.05) is 12.1 Å². The van der Waals surface area contributed by atoms with E-state index in [-0.39, 0.29) is 6.61 Å². The molecule has 0 fully saturated rings. The topological polar surface area (TPSA) is 63.8 Å². The van der Waals surface area contributed by atoms with Gasteiger partial charge in [0.2, 0.25) is 0 Å². The van der Waals surface area contributed by atoms with Crippen molar-refractivity contribution in [2.24, 2.45) is 5.10 Å². The van der Waals surface area contributed by atoms with Crippen molar-refractivity contribution in [1.82, 2.24) is 5.43 Å². The molecule has 1 amide bonds. The molecule has 3 rings (SSSR count). The normalized spacial score (nSPS) is 10.9. The largest absolute Gasteiger partial charge is 0.482 e. The van der Waals surface area contributed by atoms with Gasteiger partial charge in [-0.1, -0.05) is 34.8 Å². The minimum absolute atomic E-state index is 0.258. The van der Waals surface area contributed by atoms with Gasteiger partial charge in [-0.3, -0.25) is 4.79 Å². The van der Waals surface area contributed by atoms with E-state index < -0.39 is 5.91 Å². The lowest BCUT2D eigenvalue weighted by molar-refractivity contribution is -0.123. The number of furan rings is 1. The minimum Gasteiger partial charge on any atom is -0.482 e. The summed E-state index contributed by atoms with van der Waals surface area (Å²) in [4.78, 5) is 11.8. The highest BCUT2D eigenvalue weighted by Gasteiger charge is 2.07. The van der Waals surface area contributed by atoms with E-state index in [9.17, 15) is 4.79 Å². The second kappa shape index (κ2) is 8.95. The van der Waals surface area contributed by atoms with E-state index in [2.05, 4.69) is 10.5 Å². The predicted octanol–water partition coefficient (Wildman–Crippen LogP) is 5.44. The van der Waals surface area contributed by atoms with Crippen molar-refractivity contribution in [3.8, 4) is 17.1 Å². The van der Waals surface area contributed by atoms with Crippen molar-refractivity contribution in [1.29, 1.82) is 0 Å². The average molecular weight is 424 g/mol. The summed E-state index contributed by atoms with van der Waals surface area (Å²) < 4.78 is 11.0. The van der Waals surface area contributed by atoms with Gasteiger partial charge in [0.1, 0.15) is 17.3 Å². The van der Waals surface area contributed by atoms with E-state index in [0.717, 1.165) is 5.56 Å². The smallest absolute Gasteiger partial charge is 0.277 e. The molecule has 0 spiro atoms. The third-order valence-corrected chi connectivity index (χ3v) is 4.19. The van der Waals surface area contributed by atoms with Gasteiger partial charge < -0.3 is 9.15 Å². The van der Waals surface area contributed by atoms with Crippen LogP contribution in [-0.2, 0) is 4.79 Å². The van der Waals surface area contributed by atoms with Crippen molar-refractivity contribution < 1.29 is 13.9 Å². The highest BCUT2D eigenvalue weighted by Crippen LogP contribution is 2.27. The summed E-state index contributed by atoms with van der Waals surface area (Å²) in [6, 6.07) is 15.5. The molecule has 1 N–H and O–H groups in total. The number of hydrazone groups is 1. The van der Waals surface area contributed by atoms with Gasteiger partial charge in [-0.25, -0.2) is 5.43 Å². The lowest BCUT2D eigenvalue weighted by Crippen LogP contribution is -2.24. The molecule has 0 saturated heterocycles. The van der Waals surface area contributed by atoms with Crippen LogP contribution in [0.5, 0.6) is 5.75 Å². The van der Waals surface area contributed by atoms with E-state index in [0.29, 0.717) is 32.3 Å². The molecule has 138 valence electrons. The summed E-state index contributed by atoms with van der Waals surface area (Å²) in [5.41, 5.74) is 3.23. The molecular formula is C19H13Cl3N2O3. The number of carbonyl (C=O) groups excluding carboxylic acids is 1. The Balaban J connectivity index is 1.52. The molecule has 1 aromatic heterocycles. The van der Waals surface area contributed by atoms with Crippen LogP contribution >= 0.6 is 34.8 Å².